The molecule has 0 radical (unpaired) electrons. The number of anilines is 1. The maximum atomic E-state index is 5.99. The highest BCUT2D eigenvalue weighted by Gasteiger charge is 2.15. The summed E-state index contributed by atoms with van der Waals surface area (Å²) in [5, 5.41) is 4.27. The molecule has 1 atom stereocenters. The second-order valence-corrected chi connectivity index (χ2v) is 5.06. The molecule has 1 aromatic rings. The molecule has 0 saturated heterocycles. The third-order valence-electron chi connectivity index (χ3n) is 2.84. The first kappa shape index (κ1) is 12.4. The van der Waals surface area contributed by atoms with Crippen LogP contribution in [0.3, 0.4) is 0 Å². The number of nitrogens with two attached hydrogens (primary N) is 1. The summed E-state index contributed by atoms with van der Waals surface area (Å²) in [5.74, 6) is 1.19. The van der Waals surface area contributed by atoms with Crippen molar-refractivity contribution in [2.75, 3.05) is 25.0 Å². The van der Waals surface area contributed by atoms with Crippen molar-refractivity contribution in [3.05, 3.63) is 40.1 Å². The molecular weight excluding hydrogens is 257 g/mol. The van der Waals surface area contributed by atoms with Gasteiger partial charge in [-0.15, -0.1) is 0 Å². The summed E-state index contributed by atoms with van der Waals surface area (Å²) < 4.78 is 0. The van der Waals surface area contributed by atoms with Crippen molar-refractivity contribution in [3.63, 3.8) is 0 Å². The maximum Gasteiger partial charge on any atom is 0.0923 e. The molecule has 0 saturated carbocycles. The Kier molecular flexibility index (Phi) is 3.69. The molecule has 3 nitrogen and oxygen atoms in total. The van der Waals surface area contributed by atoms with E-state index in [2.05, 4.69) is 10.2 Å². The standard InChI is InChI=1S/C12H15Cl2N3/c1-17(7-8-4-12(15)16-6-8)9-2-3-10(13)11(14)5-9/h2-5,8,16H,6-7,15H2,1H3/t8-/m0/s1. The van der Waals surface area contributed by atoms with Crippen LogP contribution in [-0.2, 0) is 0 Å². The van der Waals surface area contributed by atoms with E-state index in [4.69, 9.17) is 28.9 Å². The minimum absolute atomic E-state index is 0.425. The Labute approximate surface area is 111 Å². The van der Waals surface area contributed by atoms with Gasteiger partial charge in [-0.1, -0.05) is 23.2 Å². The van der Waals surface area contributed by atoms with Gasteiger partial charge in [0.05, 0.1) is 15.9 Å². The Morgan fingerprint density at radius 3 is 2.76 bits per heavy atom. The van der Waals surface area contributed by atoms with Crippen molar-refractivity contribution < 1.29 is 0 Å². The van der Waals surface area contributed by atoms with Crippen molar-refractivity contribution in [1.29, 1.82) is 0 Å². The number of hydrogen-bond acceptors (Lipinski definition) is 3. The van der Waals surface area contributed by atoms with Crippen LogP contribution in [0.4, 0.5) is 5.69 Å². The van der Waals surface area contributed by atoms with Crippen LogP contribution < -0.4 is 16.0 Å². The fraction of sp³-hybridized carbons (Fsp3) is 0.333. The summed E-state index contributed by atoms with van der Waals surface area (Å²) in [6, 6.07) is 5.65. The zero-order valence-corrected chi connectivity index (χ0v) is 11.1. The Balaban J connectivity index is 2.04. The molecule has 2 rings (SSSR count). The predicted octanol–water partition coefficient (Wildman–Crippen LogP) is 2.45. The first-order chi connectivity index (χ1) is 8.06. The highest BCUT2D eigenvalue weighted by molar-refractivity contribution is 6.42. The van der Waals surface area contributed by atoms with Gasteiger partial charge >= 0.3 is 0 Å². The van der Waals surface area contributed by atoms with E-state index in [-0.39, 0.29) is 0 Å². The highest BCUT2D eigenvalue weighted by Crippen LogP contribution is 2.27. The molecule has 0 amide bonds. The molecule has 5 heteroatoms. The average Bonchev–Trinajstić information content (AvgIpc) is 2.68. The molecule has 17 heavy (non-hydrogen) atoms. The van der Waals surface area contributed by atoms with Crippen LogP contribution in [0.25, 0.3) is 0 Å². The number of nitrogens with one attached hydrogen (secondary N) is 1. The lowest BCUT2D eigenvalue weighted by Crippen LogP contribution is -2.27. The van der Waals surface area contributed by atoms with E-state index in [0.717, 1.165) is 24.6 Å². The molecule has 3 N–H and O–H groups in total. The minimum atomic E-state index is 0.425. The molecule has 1 aliphatic rings. The molecule has 0 spiro atoms. The molecule has 0 fully saturated rings. The van der Waals surface area contributed by atoms with Gasteiger partial charge in [0, 0.05) is 31.7 Å². The van der Waals surface area contributed by atoms with Gasteiger partial charge in [0.25, 0.3) is 0 Å². The fourth-order valence-corrected chi connectivity index (χ4v) is 2.21. The van der Waals surface area contributed by atoms with Crippen LogP contribution in [0.2, 0.25) is 10.0 Å². The number of nitrogens with zero attached hydrogens (tertiary/aromatic N) is 1. The van der Waals surface area contributed by atoms with E-state index in [9.17, 15) is 0 Å². The molecule has 92 valence electrons. The quantitative estimate of drug-likeness (QED) is 0.888. The van der Waals surface area contributed by atoms with E-state index in [1.807, 2.05) is 31.3 Å². The SMILES string of the molecule is CN(C[C@H]1C=C(N)NC1)c1ccc(Cl)c(Cl)c1. The van der Waals surface area contributed by atoms with E-state index in [1.165, 1.54) is 0 Å². The van der Waals surface area contributed by atoms with Crippen LogP contribution >= 0.6 is 23.2 Å². The topological polar surface area (TPSA) is 41.3 Å². The molecule has 1 aliphatic heterocycles. The van der Waals surface area contributed by atoms with Gasteiger partial charge < -0.3 is 16.0 Å². The summed E-state index contributed by atoms with van der Waals surface area (Å²) in [7, 11) is 2.03. The van der Waals surface area contributed by atoms with Crippen molar-refractivity contribution in [3.8, 4) is 0 Å². The van der Waals surface area contributed by atoms with Crippen molar-refractivity contribution >= 4 is 28.9 Å². The van der Waals surface area contributed by atoms with Crippen LogP contribution in [0.15, 0.2) is 30.1 Å². The fourth-order valence-electron chi connectivity index (χ4n) is 1.92. The van der Waals surface area contributed by atoms with E-state index in [0.29, 0.717) is 16.0 Å². The zero-order valence-electron chi connectivity index (χ0n) is 9.58. The molecule has 0 unspecified atom stereocenters. The Morgan fingerprint density at radius 1 is 1.41 bits per heavy atom. The predicted molar refractivity (Wildman–Crippen MR) is 73.5 cm³/mol. The zero-order chi connectivity index (χ0) is 12.4. The third-order valence-corrected chi connectivity index (χ3v) is 3.57. The normalized spacial score (nSPS) is 18.8. The minimum Gasteiger partial charge on any atom is -0.386 e. The summed E-state index contributed by atoms with van der Waals surface area (Å²) in [6.07, 6.45) is 2.05. The molecule has 0 aromatic heterocycles. The number of halogens is 2. The highest BCUT2D eigenvalue weighted by atomic mass is 35.5. The lowest BCUT2D eigenvalue weighted by Gasteiger charge is -2.22. The van der Waals surface area contributed by atoms with Crippen molar-refractivity contribution in [1.82, 2.24) is 5.32 Å². The van der Waals surface area contributed by atoms with Gasteiger partial charge in [-0.25, -0.2) is 0 Å². The van der Waals surface area contributed by atoms with Crippen molar-refractivity contribution in [2.45, 2.75) is 0 Å². The second kappa shape index (κ2) is 5.07. The first-order valence-electron chi connectivity index (χ1n) is 5.43. The molecule has 0 bridgehead atoms. The Bertz CT molecular complexity index is 445. The van der Waals surface area contributed by atoms with Gasteiger partial charge in [-0.3, -0.25) is 0 Å². The monoisotopic (exact) mass is 271 g/mol. The molecule has 0 aliphatic carbocycles. The van der Waals surface area contributed by atoms with Crippen LogP contribution in [0.1, 0.15) is 0 Å². The van der Waals surface area contributed by atoms with Crippen LogP contribution in [0, 0.1) is 5.92 Å². The van der Waals surface area contributed by atoms with Gasteiger partial charge in [-0.05, 0) is 24.3 Å². The third kappa shape index (κ3) is 2.99. The summed E-state index contributed by atoms with van der Waals surface area (Å²) >= 11 is 11.9. The molecule has 1 heterocycles. The van der Waals surface area contributed by atoms with E-state index < -0.39 is 0 Å². The number of benzene rings is 1. The summed E-state index contributed by atoms with van der Waals surface area (Å²) in [4.78, 5) is 2.14. The lowest BCUT2D eigenvalue weighted by atomic mass is 10.1. The Morgan fingerprint density at radius 2 is 2.18 bits per heavy atom. The van der Waals surface area contributed by atoms with Crippen LogP contribution in [0.5, 0.6) is 0 Å². The number of hydrogen-bond donors (Lipinski definition) is 2. The van der Waals surface area contributed by atoms with Gasteiger partial charge in [0.1, 0.15) is 0 Å². The Hall–Kier alpha value is -1.06. The van der Waals surface area contributed by atoms with Gasteiger partial charge in [0.2, 0.25) is 0 Å². The maximum absolute atomic E-state index is 5.99. The van der Waals surface area contributed by atoms with Gasteiger partial charge in [0.15, 0.2) is 0 Å². The molecular formula is C12H15Cl2N3. The average molecular weight is 272 g/mol. The van der Waals surface area contributed by atoms with Crippen molar-refractivity contribution in [2.24, 2.45) is 11.7 Å². The summed E-state index contributed by atoms with van der Waals surface area (Å²) in [6.45, 7) is 1.78. The van der Waals surface area contributed by atoms with Gasteiger partial charge in [-0.2, -0.15) is 0 Å². The lowest BCUT2D eigenvalue weighted by molar-refractivity contribution is 0.641. The van der Waals surface area contributed by atoms with E-state index in [1.54, 1.807) is 0 Å². The number of rotatable bonds is 3. The summed E-state index contributed by atoms with van der Waals surface area (Å²) in [5.41, 5.74) is 6.73. The second-order valence-electron chi connectivity index (χ2n) is 4.24. The molecule has 1 aromatic carbocycles. The first-order valence-corrected chi connectivity index (χ1v) is 6.19. The van der Waals surface area contributed by atoms with Crippen LogP contribution in [-0.4, -0.2) is 20.1 Å². The van der Waals surface area contributed by atoms with E-state index >= 15 is 0 Å². The largest absolute Gasteiger partial charge is 0.386 e. The smallest absolute Gasteiger partial charge is 0.0923 e.